The molecule has 0 aromatic carbocycles. The lowest BCUT2D eigenvalue weighted by Gasteiger charge is -2.34. The Morgan fingerprint density at radius 1 is 1.41 bits per heavy atom. The number of amides is 1. The molecular weight excluding hydrogens is 286 g/mol. The second-order valence-electron chi connectivity index (χ2n) is 5.68. The first-order valence-electron chi connectivity index (χ1n) is 7.33. The monoisotopic (exact) mass is 305 g/mol. The minimum atomic E-state index is -0.663. The molecule has 0 spiro atoms. The molecule has 0 radical (unpaired) electrons. The van der Waals surface area contributed by atoms with Crippen molar-refractivity contribution in [1.82, 2.24) is 25.2 Å². The van der Waals surface area contributed by atoms with Crippen molar-refractivity contribution < 1.29 is 14.1 Å². The zero-order valence-electron chi connectivity index (χ0n) is 12.7. The third kappa shape index (κ3) is 2.74. The van der Waals surface area contributed by atoms with E-state index in [1.54, 1.807) is 16.9 Å². The van der Waals surface area contributed by atoms with Crippen molar-refractivity contribution in [2.75, 3.05) is 13.2 Å². The van der Waals surface area contributed by atoms with Crippen molar-refractivity contribution in [1.29, 1.82) is 0 Å². The highest BCUT2D eigenvalue weighted by Gasteiger charge is 2.40. The number of nitrogens with one attached hydrogen (secondary N) is 1. The Labute approximate surface area is 127 Å². The summed E-state index contributed by atoms with van der Waals surface area (Å²) in [6.45, 7) is 5.09. The predicted octanol–water partition coefficient (Wildman–Crippen LogP) is 1.28. The predicted molar refractivity (Wildman–Crippen MR) is 76.1 cm³/mol. The van der Waals surface area contributed by atoms with Crippen LogP contribution in [-0.2, 0) is 10.3 Å². The van der Waals surface area contributed by atoms with E-state index in [4.69, 9.17) is 9.26 Å². The summed E-state index contributed by atoms with van der Waals surface area (Å²) in [5.41, 5.74) is -0.285. The molecule has 2 aromatic rings. The first-order chi connectivity index (χ1) is 10.6. The molecule has 0 atom stereocenters. The summed E-state index contributed by atoms with van der Waals surface area (Å²) in [7, 11) is 0. The van der Waals surface area contributed by atoms with E-state index in [0.29, 0.717) is 37.6 Å². The van der Waals surface area contributed by atoms with Gasteiger partial charge in [-0.15, -0.1) is 0 Å². The van der Waals surface area contributed by atoms with Gasteiger partial charge in [-0.3, -0.25) is 9.48 Å². The zero-order valence-corrected chi connectivity index (χ0v) is 12.7. The Morgan fingerprint density at radius 2 is 2.18 bits per heavy atom. The minimum Gasteiger partial charge on any atom is -0.381 e. The second kappa shape index (κ2) is 5.88. The maximum atomic E-state index is 12.5. The van der Waals surface area contributed by atoms with E-state index in [0.717, 1.165) is 0 Å². The number of carbonyl (C=O) groups excluding carboxylic acids is 1. The van der Waals surface area contributed by atoms with E-state index in [2.05, 4.69) is 20.6 Å². The fourth-order valence-corrected chi connectivity index (χ4v) is 2.53. The van der Waals surface area contributed by atoms with Crippen LogP contribution in [0.2, 0.25) is 0 Å². The lowest BCUT2D eigenvalue weighted by atomic mass is 9.89. The highest BCUT2D eigenvalue weighted by atomic mass is 16.5. The summed E-state index contributed by atoms with van der Waals surface area (Å²) in [6.07, 6.45) is 4.27. The maximum absolute atomic E-state index is 12.5. The molecular formula is C14H19N5O3. The summed E-state index contributed by atoms with van der Waals surface area (Å²) in [5, 5.41) is 11.2. The van der Waals surface area contributed by atoms with Gasteiger partial charge in [0.05, 0.1) is 0 Å². The van der Waals surface area contributed by atoms with Crippen LogP contribution in [0.4, 0.5) is 0 Å². The van der Waals surface area contributed by atoms with Gasteiger partial charge in [0.2, 0.25) is 6.39 Å². The van der Waals surface area contributed by atoms with Crippen LogP contribution in [0.5, 0.6) is 0 Å². The number of aromatic nitrogens is 4. The van der Waals surface area contributed by atoms with Gasteiger partial charge in [0.1, 0.15) is 11.2 Å². The van der Waals surface area contributed by atoms with Gasteiger partial charge in [-0.2, -0.15) is 10.1 Å². The number of rotatable bonds is 4. The molecule has 1 N–H and O–H groups in total. The fraction of sp³-hybridized carbons (Fsp3) is 0.571. The van der Waals surface area contributed by atoms with Crippen LogP contribution >= 0.6 is 0 Å². The first kappa shape index (κ1) is 14.7. The van der Waals surface area contributed by atoms with Crippen LogP contribution in [-0.4, -0.2) is 39.0 Å². The van der Waals surface area contributed by atoms with Crippen molar-refractivity contribution in [2.45, 2.75) is 38.3 Å². The molecule has 0 bridgehead atoms. The van der Waals surface area contributed by atoms with Crippen molar-refractivity contribution in [3.05, 3.63) is 30.2 Å². The van der Waals surface area contributed by atoms with Crippen molar-refractivity contribution >= 4 is 5.91 Å². The number of ether oxygens (including phenoxy) is 1. The summed E-state index contributed by atoms with van der Waals surface area (Å²) in [5.74, 6) is 0.235. The van der Waals surface area contributed by atoms with E-state index in [-0.39, 0.29) is 11.9 Å². The van der Waals surface area contributed by atoms with E-state index < -0.39 is 5.54 Å². The smallest absolute Gasteiger partial charge is 0.272 e. The maximum Gasteiger partial charge on any atom is 0.272 e. The third-order valence-electron chi connectivity index (χ3n) is 3.86. The van der Waals surface area contributed by atoms with Gasteiger partial charge >= 0.3 is 0 Å². The molecule has 1 aliphatic heterocycles. The van der Waals surface area contributed by atoms with Gasteiger partial charge in [0.15, 0.2) is 5.82 Å². The Bertz CT molecular complexity index is 629. The van der Waals surface area contributed by atoms with Gasteiger partial charge in [0.25, 0.3) is 5.91 Å². The zero-order chi connectivity index (χ0) is 15.6. The molecule has 3 rings (SSSR count). The van der Waals surface area contributed by atoms with E-state index in [1.807, 2.05) is 13.8 Å². The summed E-state index contributed by atoms with van der Waals surface area (Å²) in [6, 6.07) is 1.91. The van der Waals surface area contributed by atoms with Crippen molar-refractivity contribution in [3.63, 3.8) is 0 Å². The van der Waals surface area contributed by atoms with Crippen molar-refractivity contribution in [3.8, 4) is 0 Å². The molecule has 1 amide bonds. The summed E-state index contributed by atoms with van der Waals surface area (Å²) >= 11 is 0. The number of nitrogens with zero attached hydrogens (tertiary/aromatic N) is 4. The van der Waals surface area contributed by atoms with Crippen LogP contribution in [0.25, 0.3) is 0 Å². The van der Waals surface area contributed by atoms with Crippen LogP contribution in [0.15, 0.2) is 23.2 Å². The Balaban J connectivity index is 1.82. The van der Waals surface area contributed by atoms with Crippen LogP contribution < -0.4 is 5.32 Å². The normalized spacial score (nSPS) is 17.6. The van der Waals surface area contributed by atoms with E-state index in [1.165, 1.54) is 6.39 Å². The molecule has 22 heavy (non-hydrogen) atoms. The van der Waals surface area contributed by atoms with E-state index >= 15 is 0 Å². The van der Waals surface area contributed by atoms with E-state index in [9.17, 15) is 4.79 Å². The Kier molecular flexibility index (Phi) is 3.93. The molecule has 8 nitrogen and oxygen atoms in total. The Morgan fingerprint density at radius 3 is 2.77 bits per heavy atom. The summed E-state index contributed by atoms with van der Waals surface area (Å²) in [4.78, 5) is 16.7. The molecule has 118 valence electrons. The molecule has 1 fully saturated rings. The van der Waals surface area contributed by atoms with Gasteiger partial charge in [0, 0.05) is 38.3 Å². The lowest BCUT2D eigenvalue weighted by molar-refractivity contribution is 0.0304. The van der Waals surface area contributed by atoms with Gasteiger partial charge in [-0.05, 0) is 19.9 Å². The second-order valence-corrected chi connectivity index (χ2v) is 5.68. The number of hydrogen-bond acceptors (Lipinski definition) is 6. The molecule has 3 heterocycles. The van der Waals surface area contributed by atoms with Gasteiger partial charge < -0.3 is 14.6 Å². The highest BCUT2D eigenvalue weighted by Crippen LogP contribution is 2.30. The molecule has 0 saturated carbocycles. The molecule has 0 aliphatic carbocycles. The number of hydrogen-bond donors (Lipinski definition) is 1. The average Bonchev–Trinajstić information content (AvgIpc) is 3.20. The van der Waals surface area contributed by atoms with Gasteiger partial charge in [-0.25, -0.2) is 0 Å². The summed E-state index contributed by atoms with van der Waals surface area (Å²) < 4.78 is 12.0. The quantitative estimate of drug-likeness (QED) is 0.914. The topological polar surface area (TPSA) is 95.1 Å². The minimum absolute atomic E-state index is 0.204. The lowest BCUT2D eigenvalue weighted by Crippen LogP contribution is -2.50. The van der Waals surface area contributed by atoms with Crippen LogP contribution in [0.3, 0.4) is 0 Å². The average molecular weight is 305 g/mol. The number of carbonyl (C=O) groups is 1. The molecule has 1 saturated heterocycles. The molecule has 8 heteroatoms. The van der Waals surface area contributed by atoms with Crippen molar-refractivity contribution in [2.24, 2.45) is 0 Å². The first-order valence-corrected chi connectivity index (χ1v) is 7.33. The fourth-order valence-electron chi connectivity index (χ4n) is 2.53. The standard InChI is InChI=1S/C14H19N5O3/c1-10(2)19-6-3-11(17-19)12(20)16-14(4-7-21-8-5-14)13-15-9-22-18-13/h3,6,9-10H,4-5,7-8H2,1-2H3,(H,16,20). The Hall–Kier alpha value is -2.22. The van der Waals surface area contributed by atoms with Crippen LogP contribution in [0.1, 0.15) is 49.0 Å². The highest BCUT2D eigenvalue weighted by molar-refractivity contribution is 5.92. The molecule has 2 aromatic heterocycles. The van der Waals surface area contributed by atoms with Gasteiger partial charge in [-0.1, -0.05) is 5.16 Å². The third-order valence-corrected chi connectivity index (χ3v) is 3.86. The SMILES string of the molecule is CC(C)n1ccc(C(=O)NC2(c3ncon3)CCOCC2)n1. The molecule has 0 unspecified atom stereocenters. The molecule has 1 aliphatic rings. The van der Waals surface area contributed by atoms with Crippen LogP contribution in [0, 0.1) is 0 Å². The largest absolute Gasteiger partial charge is 0.381 e.